The molecule has 0 aliphatic heterocycles. The summed E-state index contributed by atoms with van der Waals surface area (Å²) in [6.07, 6.45) is 0.00253. The lowest BCUT2D eigenvalue weighted by Crippen LogP contribution is -2.36. The molecule has 0 radical (unpaired) electrons. The first-order valence-corrected chi connectivity index (χ1v) is 4.77. The Kier molecular flexibility index (Phi) is 5.28. The Morgan fingerprint density at radius 3 is 2.33 bits per heavy atom. The average Bonchev–Trinajstić information content (AvgIpc) is 2.13. The van der Waals surface area contributed by atoms with E-state index < -0.39 is 11.4 Å². The van der Waals surface area contributed by atoms with E-state index in [2.05, 4.69) is 0 Å². The normalized spacial score (nSPS) is 11.2. The zero-order valence-electron chi connectivity index (χ0n) is 9.74. The number of ether oxygens (including phenoxy) is 1. The second kappa shape index (κ2) is 5.70. The summed E-state index contributed by atoms with van der Waals surface area (Å²) in [4.78, 5) is 23.9. The zero-order valence-corrected chi connectivity index (χ0v) is 9.74. The van der Waals surface area contributed by atoms with E-state index in [0.29, 0.717) is 13.2 Å². The lowest BCUT2D eigenvalue weighted by atomic mass is 9.89. The summed E-state index contributed by atoms with van der Waals surface area (Å²) in [5.41, 5.74) is -1.02. The first-order chi connectivity index (χ1) is 6.81. The highest BCUT2D eigenvalue weighted by molar-refractivity contribution is 5.84. The molecule has 5 heteroatoms. The molecule has 15 heavy (non-hydrogen) atoms. The van der Waals surface area contributed by atoms with Gasteiger partial charge >= 0.3 is 5.97 Å². The van der Waals surface area contributed by atoms with Crippen molar-refractivity contribution in [2.45, 2.75) is 20.3 Å². The summed E-state index contributed by atoms with van der Waals surface area (Å²) < 4.78 is 4.83. The number of carboxylic acids is 1. The standard InChI is InChI=1S/C10H19NO4/c1-10(2,9(13)14)7-8(12)11(3)5-6-15-4/h5-7H2,1-4H3,(H,13,14). The lowest BCUT2D eigenvalue weighted by Gasteiger charge is -2.23. The van der Waals surface area contributed by atoms with Crippen LogP contribution in [0.25, 0.3) is 0 Å². The molecule has 0 aromatic carbocycles. The van der Waals surface area contributed by atoms with Crippen molar-refractivity contribution in [2.75, 3.05) is 27.3 Å². The van der Waals surface area contributed by atoms with Gasteiger partial charge in [-0.1, -0.05) is 0 Å². The SMILES string of the molecule is COCCN(C)C(=O)CC(C)(C)C(=O)O. The third kappa shape index (κ3) is 4.78. The van der Waals surface area contributed by atoms with E-state index in [1.807, 2.05) is 0 Å². The monoisotopic (exact) mass is 217 g/mol. The molecule has 88 valence electrons. The summed E-state index contributed by atoms with van der Waals surface area (Å²) >= 11 is 0. The number of aliphatic carboxylic acids is 1. The van der Waals surface area contributed by atoms with Gasteiger partial charge in [-0.25, -0.2) is 0 Å². The summed E-state index contributed by atoms with van der Waals surface area (Å²) in [5.74, 6) is -1.14. The van der Waals surface area contributed by atoms with Crippen molar-refractivity contribution < 1.29 is 19.4 Å². The maximum Gasteiger partial charge on any atom is 0.309 e. The number of nitrogens with zero attached hydrogens (tertiary/aromatic N) is 1. The molecule has 0 aliphatic rings. The maximum atomic E-state index is 11.6. The molecule has 0 saturated carbocycles. The van der Waals surface area contributed by atoms with Crippen molar-refractivity contribution >= 4 is 11.9 Å². The van der Waals surface area contributed by atoms with E-state index in [0.717, 1.165) is 0 Å². The number of rotatable bonds is 6. The van der Waals surface area contributed by atoms with Crippen LogP contribution in [0.1, 0.15) is 20.3 Å². The van der Waals surface area contributed by atoms with Gasteiger partial charge in [-0.15, -0.1) is 0 Å². The Bertz CT molecular complexity index is 238. The number of carbonyl (C=O) groups is 2. The second-order valence-electron chi connectivity index (χ2n) is 4.17. The Labute approximate surface area is 90.0 Å². The van der Waals surface area contributed by atoms with Crippen molar-refractivity contribution in [3.8, 4) is 0 Å². The van der Waals surface area contributed by atoms with Gasteiger partial charge in [0.05, 0.1) is 12.0 Å². The Hall–Kier alpha value is -1.10. The van der Waals surface area contributed by atoms with Crippen LogP contribution in [0.2, 0.25) is 0 Å². The quantitative estimate of drug-likeness (QED) is 0.707. The molecule has 0 spiro atoms. The predicted octanol–water partition coefficient (Wildman–Crippen LogP) is 0.592. The molecule has 0 saturated heterocycles. The van der Waals surface area contributed by atoms with Gasteiger partial charge in [0, 0.05) is 27.1 Å². The molecule has 0 unspecified atom stereocenters. The molecule has 0 heterocycles. The molecule has 5 nitrogen and oxygen atoms in total. The third-order valence-corrected chi connectivity index (χ3v) is 2.23. The van der Waals surface area contributed by atoms with Crippen LogP contribution >= 0.6 is 0 Å². The molecule has 0 rings (SSSR count). The number of likely N-dealkylation sites (N-methyl/N-ethyl adjacent to an activating group) is 1. The molecule has 0 bridgehead atoms. The molecule has 0 aromatic heterocycles. The van der Waals surface area contributed by atoms with Crippen LogP contribution in [0.15, 0.2) is 0 Å². The van der Waals surface area contributed by atoms with Gasteiger partial charge in [-0.2, -0.15) is 0 Å². The van der Waals surface area contributed by atoms with E-state index in [-0.39, 0.29) is 12.3 Å². The van der Waals surface area contributed by atoms with Gasteiger partial charge in [0.1, 0.15) is 0 Å². The van der Waals surface area contributed by atoms with Crippen LogP contribution in [0.5, 0.6) is 0 Å². The molecular weight excluding hydrogens is 198 g/mol. The minimum Gasteiger partial charge on any atom is -0.481 e. The van der Waals surface area contributed by atoms with E-state index in [4.69, 9.17) is 9.84 Å². The summed E-state index contributed by atoms with van der Waals surface area (Å²) in [5, 5.41) is 8.85. The average molecular weight is 217 g/mol. The smallest absolute Gasteiger partial charge is 0.309 e. The zero-order chi connectivity index (χ0) is 12.1. The van der Waals surface area contributed by atoms with E-state index >= 15 is 0 Å². The fourth-order valence-corrected chi connectivity index (χ4v) is 0.942. The molecule has 1 amide bonds. The van der Waals surface area contributed by atoms with Gasteiger partial charge in [0.15, 0.2) is 0 Å². The topological polar surface area (TPSA) is 66.8 Å². The van der Waals surface area contributed by atoms with Crippen molar-refractivity contribution in [2.24, 2.45) is 5.41 Å². The highest BCUT2D eigenvalue weighted by Gasteiger charge is 2.31. The third-order valence-electron chi connectivity index (χ3n) is 2.23. The van der Waals surface area contributed by atoms with Gasteiger partial charge in [0.2, 0.25) is 5.91 Å². The van der Waals surface area contributed by atoms with Crippen molar-refractivity contribution in [1.29, 1.82) is 0 Å². The van der Waals surface area contributed by atoms with E-state index in [1.165, 1.54) is 18.7 Å². The number of hydrogen-bond donors (Lipinski definition) is 1. The Morgan fingerprint density at radius 1 is 1.40 bits per heavy atom. The number of carboxylic acid groups (broad SMARTS) is 1. The number of amides is 1. The lowest BCUT2D eigenvalue weighted by molar-refractivity contribution is -0.151. The van der Waals surface area contributed by atoms with Gasteiger partial charge < -0.3 is 14.7 Å². The predicted molar refractivity (Wildman–Crippen MR) is 55.5 cm³/mol. The summed E-state index contributed by atoms with van der Waals surface area (Å²) in [6, 6.07) is 0. The van der Waals surface area contributed by atoms with Gasteiger partial charge in [-0.05, 0) is 13.8 Å². The van der Waals surface area contributed by atoms with Crippen LogP contribution < -0.4 is 0 Å². The molecule has 0 atom stereocenters. The molecule has 0 fully saturated rings. The number of carbonyl (C=O) groups excluding carboxylic acids is 1. The fraction of sp³-hybridized carbons (Fsp3) is 0.800. The minimum absolute atomic E-state index is 0.00253. The Balaban J connectivity index is 4.18. The Morgan fingerprint density at radius 2 is 1.93 bits per heavy atom. The molecule has 0 aromatic rings. The number of hydrogen-bond acceptors (Lipinski definition) is 3. The molecule has 1 N–H and O–H groups in total. The van der Waals surface area contributed by atoms with E-state index in [9.17, 15) is 9.59 Å². The van der Waals surface area contributed by atoms with Crippen LogP contribution in [0, 0.1) is 5.41 Å². The minimum atomic E-state index is -1.02. The van der Waals surface area contributed by atoms with Gasteiger partial charge in [-0.3, -0.25) is 9.59 Å². The first-order valence-electron chi connectivity index (χ1n) is 4.77. The molecule has 0 aliphatic carbocycles. The summed E-state index contributed by atoms with van der Waals surface area (Å²) in [6.45, 7) is 4.01. The maximum absolute atomic E-state index is 11.6. The fourth-order valence-electron chi connectivity index (χ4n) is 0.942. The van der Waals surface area contributed by atoms with Crippen molar-refractivity contribution in [3.63, 3.8) is 0 Å². The van der Waals surface area contributed by atoms with Crippen molar-refractivity contribution in [1.82, 2.24) is 4.90 Å². The highest BCUT2D eigenvalue weighted by Crippen LogP contribution is 2.21. The first kappa shape index (κ1) is 13.9. The van der Waals surface area contributed by atoms with Crippen LogP contribution in [-0.2, 0) is 14.3 Å². The second-order valence-corrected chi connectivity index (χ2v) is 4.17. The van der Waals surface area contributed by atoms with Gasteiger partial charge in [0.25, 0.3) is 0 Å². The van der Waals surface area contributed by atoms with Crippen molar-refractivity contribution in [3.05, 3.63) is 0 Å². The largest absolute Gasteiger partial charge is 0.481 e. The molecular formula is C10H19NO4. The number of methoxy groups -OCH3 is 1. The highest BCUT2D eigenvalue weighted by atomic mass is 16.5. The van der Waals surface area contributed by atoms with Crippen LogP contribution in [0.3, 0.4) is 0 Å². The van der Waals surface area contributed by atoms with Crippen LogP contribution in [-0.4, -0.2) is 49.2 Å². The summed E-state index contributed by atoms with van der Waals surface area (Å²) in [7, 11) is 3.19. The van der Waals surface area contributed by atoms with Crippen LogP contribution in [0.4, 0.5) is 0 Å². The van der Waals surface area contributed by atoms with E-state index in [1.54, 1.807) is 14.2 Å².